The molecule has 1 fully saturated rings. The third-order valence-corrected chi connectivity index (χ3v) is 10.6. The van der Waals surface area contributed by atoms with Crippen LogP contribution in [0.4, 0.5) is 5.69 Å². The van der Waals surface area contributed by atoms with Gasteiger partial charge in [-0.2, -0.15) is 11.8 Å². The third kappa shape index (κ3) is 15.0. The van der Waals surface area contributed by atoms with E-state index in [4.69, 9.17) is 18.9 Å². The minimum Gasteiger partial charge on any atom is -0.379 e. The van der Waals surface area contributed by atoms with Gasteiger partial charge in [0.25, 0.3) is 0 Å². The molecule has 0 spiro atoms. The molecule has 0 saturated carbocycles. The van der Waals surface area contributed by atoms with Crippen LogP contribution in [-0.4, -0.2) is 120 Å². The van der Waals surface area contributed by atoms with Crippen molar-refractivity contribution in [1.29, 1.82) is 0 Å². The minimum absolute atomic E-state index is 0.0202. The van der Waals surface area contributed by atoms with E-state index in [2.05, 4.69) is 33.1 Å². The molecular weight excluding hydrogens is 711 g/mol. The maximum absolute atomic E-state index is 13.3. The van der Waals surface area contributed by atoms with Gasteiger partial charge in [0.05, 0.1) is 71.1 Å². The number of para-hydroxylation sites is 1. The molecule has 2 heterocycles. The highest BCUT2D eigenvalue weighted by molar-refractivity contribution is 8.00. The summed E-state index contributed by atoms with van der Waals surface area (Å²) in [4.78, 5) is 50.4. The number of hydrogen-bond donors (Lipinski definition) is 4. The number of anilines is 1. The molecule has 13 nitrogen and oxygen atoms in total. The lowest BCUT2D eigenvalue weighted by Gasteiger charge is -2.26. The van der Waals surface area contributed by atoms with E-state index in [0.717, 1.165) is 53.8 Å². The number of hydrogen-bond acceptors (Lipinski definition) is 10. The maximum Gasteiger partial charge on any atom is 0.229 e. The van der Waals surface area contributed by atoms with Crippen LogP contribution in [0.25, 0.3) is 0 Å². The van der Waals surface area contributed by atoms with E-state index in [1.165, 1.54) is 0 Å². The van der Waals surface area contributed by atoms with Crippen LogP contribution < -0.4 is 26.2 Å². The Labute approximate surface area is 323 Å². The van der Waals surface area contributed by atoms with Crippen LogP contribution >= 0.6 is 11.8 Å². The largest absolute Gasteiger partial charge is 0.379 e. The number of carbonyl (C=O) groups excluding carboxylic acids is 4. The first-order valence-electron chi connectivity index (χ1n) is 18.8. The Kier molecular flexibility index (Phi) is 19.9. The van der Waals surface area contributed by atoms with Gasteiger partial charge < -0.3 is 45.1 Å². The SMILES string of the molecule is CNC1CSC(CCCCC(=O)NCCOCCOCCOCCOCCC(=O)NCCC(=O)N2Cc3ccccc3C#Cc3ccccc32)C1NC=O. The van der Waals surface area contributed by atoms with Gasteiger partial charge in [-0.15, -0.1) is 0 Å². The molecule has 1 saturated heterocycles. The fourth-order valence-electron chi connectivity index (χ4n) is 6.17. The predicted molar refractivity (Wildman–Crippen MR) is 209 cm³/mol. The smallest absolute Gasteiger partial charge is 0.229 e. The number of benzene rings is 2. The zero-order chi connectivity index (χ0) is 38.2. The van der Waals surface area contributed by atoms with Crippen LogP contribution in [0.2, 0.25) is 0 Å². The van der Waals surface area contributed by atoms with E-state index in [1.807, 2.05) is 67.3 Å². The van der Waals surface area contributed by atoms with Crippen LogP contribution in [0.3, 0.4) is 0 Å². The molecule has 14 heteroatoms. The number of carbonyl (C=O) groups is 4. The highest BCUT2D eigenvalue weighted by Crippen LogP contribution is 2.31. The molecule has 2 aliphatic heterocycles. The number of unbranched alkanes of at least 4 members (excludes halogenated alkanes) is 1. The summed E-state index contributed by atoms with van der Waals surface area (Å²) in [7, 11) is 1.92. The lowest BCUT2D eigenvalue weighted by molar-refractivity contribution is -0.123. The van der Waals surface area contributed by atoms with Crippen molar-refractivity contribution in [2.45, 2.75) is 62.4 Å². The second-order valence-electron chi connectivity index (χ2n) is 12.9. The summed E-state index contributed by atoms with van der Waals surface area (Å²) in [6.45, 7) is 4.20. The number of fused-ring (bicyclic) bond motifs is 2. The maximum atomic E-state index is 13.3. The molecule has 2 aromatic rings. The Morgan fingerprint density at radius 3 is 2.15 bits per heavy atom. The molecule has 0 aliphatic carbocycles. The van der Waals surface area contributed by atoms with Crippen molar-refractivity contribution in [2.24, 2.45) is 0 Å². The minimum atomic E-state index is -0.178. The lowest BCUT2D eigenvalue weighted by atomic mass is 10.0. The molecular formula is C40H55N5O8S. The van der Waals surface area contributed by atoms with E-state index in [0.29, 0.717) is 71.0 Å². The number of ether oxygens (including phenoxy) is 4. The standard InChI is InChI=1S/C40H55N5O8S/c1-41-34-29-54-36(40(34)44-30-46)12-6-7-13-37(47)43-19-21-51-23-25-53-27-26-52-24-22-50-20-17-38(48)42-18-16-39(49)45-28-33-10-3-2-8-31(33)14-15-32-9-4-5-11-35(32)45/h2-5,8-11,30,34,36,40-41H,6-7,12-13,16-29H2,1H3,(H,42,48)(H,43,47)(H,44,46). The van der Waals surface area contributed by atoms with Gasteiger partial charge in [0.15, 0.2) is 0 Å². The Bertz CT molecular complexity index is 1530. The monoisotopic (exact) mass is 765 g/mol. The van der Waals surface area contributed by atoms with Gasteiger partial charge >= 0.3 is 0 Å². The molecule has 4 amide bonds. The van der Waals surface area contributed by atoms with Gasteiger partial charge in [0, 0.05) is 60.5 Å². The summed E-state index contributed by atoms with van der Waals surface area (Å²) in [5.41, 5.74) is 3.45. The molecule has 3 atom stereocenters. The molecule has 3 unspecified atom stereocenters. The van der Waals surface area contributed by atoms with Crippen molar-refractivity contribution < 1.29 is 38.1 Å². The van der Waals surface area contributed by atoms with Crippen LogP contribution in [-0.2, 0) is 44.7 Å². The average molecular weight is 766 g/mol. The normalized spacial score (nSPS) is 17.3. The second kappa shape index (κ2) is 25.2. The Morgan fingerprint density at radius 2 is 1.41 bits per heavy atom. The zero-order valence-corrected chi connectivity index (χ0v) is 32.1. The first-order valence-corrected chi connectivity index (χ1v) is 19.9. The molecule has 0 bridgehead atoms. The van der Waals surface area contributed by atoms with Gasteiger partial charge in [-0.05, 0) is 43.7 Å². The van der Waals surface area contributed by atoms with Gasteiger partial charge in [-0.3, -0.25) is 19.2 Å². The number of likely N-dealkylation sites (N-methyl/N-ethyl adjacent to an activating group) is 1. The highest BCUT2D eigenvalue weighted by atomic mass is 32.2. The quantitative estimate of drug-likeness (QED) is 0.0638. The predicted octanol–water partition coefficient (Wildman–Crippen LogP) is 2.39. The number of nitrogens with one attached hydrogen (secondary N) is 4. The van der Waals surface area contributed by atoms with Gasteiger partial charge in [0.1, 0.15) is 0 Å². The summed E-state index contributed by atoms with van der Waals surface area (Å²) in [5, 5.41) is 12.3. The number of nitrogens with zero attached hydrogens (tertiary/aromatic N) is 1. The average Bonchev–Trinajstić information content (AvgIpc) is 3.57. The van der Waals surface area contributed by atoms with Gasteiger partial charge in [-0.1, -0.05) is 48.6 Å². The summed E-state index contributed by atoms with van der Waals surface area (Å²) in [6, 6.07) is 15.9. The lowest BCUT2D eigenvalue weighted by Crippen LogP contribution is -2.48. The molecule has 0 radical (unpaired) electrons. The van der Waals surface area contributed by atoms with Crippen molar-refractivity contribution in [3.05, 3.63) is 65.2 Å². The number of rotatable bonds is 26. The topological polar surface area (TPSA) is 157 Å². The molecule has 54 heavy (non-hydrogen) atoms. The summed E-state index contributed by atoms with van der Waals surface area (Å²) >= 11 is 1.87. The summed E-state index contributed by atoms with van der Waals surface area (Å²) in [6.07, 6.45) is 4.35. The van der Waals surface area contributed by atoms with E-state index in [1.54, 1.807) is 4.90 Å². The summed E-state index contributed by atoms with van der Waals surface area (Å²) in [5.74, 6) is 7.14. The fourth-order valence-corrected chi connectivity index (χ4v) is 7.81. The fraction of sp³-hybridized carbons (Fsp3) is 0.550. The van der Waals surface area contributed by atoms with Crippen molar-refractivity contribution >= 4 is 41.6 Å². The second-order valence-corrected chi connectivity index (χ2v) is 14.1. The van der Waals surface area contributed by atoms with Gasteiger partial charge in [0.2, 0.25) is 24.1 Å². The first kappa shape index (κ1) is 42.8. The van der Waals surface area contributed by atoms with Crippen LogP contribution in [0, 0.1) is 11.8 Å². The van der Waals surface area contributed by atoms with Crippen molar-refractivity contribution in [3.63, 3.8) is 0 Å². The molecule has 2 aromatic carbocycles. The van der Waals surface area contributed by atoms with E-state index < -0.39 is 0 Å². The first-order chi connectivity index (χ1) is 26.5. The highest BCUT2D eigenvalue weighted by Gasteiger charge is 2.35. The molecule has 4 N–H and O–H groups in total. The number of amides is 4. The molecule has 2 aliphatic rings. The number of thioether (sulfide) groups is 1. The molecule has 4 rings (SSSR count). The third-order valence-electron chi connectivity index (χ3n) is 9.09. The van der Waals surface area contributed by atoms with Crippen molar-refractivity contribution in [3.8, 4) is 11.8 Å². The van der Waals surface area contributed by atoms with Crippen LogP contribution in [0.15, 0.2) is 48.5 Å². The Hall–Kier alpha value is -3.97. The Morgan fingerprint density at radius 1 is 0.778 bits per heavy atom. The Balaban J connectivity index is 0.914. The van der Waals surface area contributed by atoms with E-state index >= 15 is 0 Å². The summed E-state index contributed by atoms with van der Waals surface area (Å²) < 4.78 is 22.1. The molecule has 294 valence electrons. The van der Waals surface area contributed by atoms with E-state index in [9.17, 15) is 19.2 Å². The van der Waals surface area contributed by atoms with Crippen molar-refractivity contribution in [1.82, 2.24) is 21.3 Å². The van der Waals surface area contributed by atoms with Crippen LogP contribution in [0.1, 0.15) is 55.2 Å². The van der Waals surface area contributed by atoms with Crippen molar-refractivity contribution in [2.75, 3.05) is 83.6 Å². The van der Waals surface area contributed by atoms with E-state index in [-0.39, 0.29) is 55.8 Å². The van der Waals surface area contributed by atoms with Gasteiger partial charge in [-0.25, -0.2) is 0 Å². The molecule has 0 aromatic heterocycles. The zero-order valence-electron chi connectivity index (χ0n) is 31.3. The van der Waals surface area contributed by atoms with Crippen LogP contribution in [0.5, 0.6) is 0 Å².